The van der Waals surface area contributed by atoms with E-state index >= 15 is 0 Å². The first kappa shape index (κ1) is 22.2. The summed E-state index contributed by atoms with van der Waals surface area (Å²) < 4.78 is 0.465. The summed E-state index contributed by atoms with van der Waals surface area (Å²) in [4.78, 5) is 42.5. The van der Waals surface area contributed by atoms with Crippen LogP contribution in [0.5, 0.6) is 0 Å². The Morgan fingerprint density at radius 1 is 1.03 bits per heavy atom. The van der Waals surface area contributed by atoms with Gasteiger partial charge in [0.25, 0.3) is 11.8 Å². The molecule has 164 valence electrons. The molecule has 0 radical (unpaired) electrons. The van der Waals surface area contributed by atoms with E-state index < -0.39 is 0 Å². The van der Waals surface area contributed by atoms with Gasteiger partial charge in [-0.05, 0) is 31.5 Å². The molecular weight excluding hydrogens is 442 g/mol. The van der Waals surface area contributed by atoms with Crippen molar-refractivity contribution in [3.63, 3.8) is 0 Å². The smallest absolute Gasteiger partial charge is 0.267 e. The van der Waals surface area contributed by atoms with Gasteiger partial charge in [-0.25, -0.2) is 0 Å². The molecule has 2 aromatic rings. The van der Waals surface area contributed by atoms with E-state index in [-0.39, 0.29) is 24.3 Å². The fourth-order valence-corrected chi connectivity index (χ4v) is 5.08. The van der Waals surface area contributed by atoms with Gasteiger partial charge in [0.15, 0.2) is 0 Å². The van der Waals surface area contributed by atoms with E-state index in [1.807, 2.05) is 50.2 Å². The number of hydrogen-bond acceptors (Lipinski definition) is 5. The van der Waals surface area contributed by atoms with Gasteiger partial charge in [-0.3, -0.25) is 24.2 Å². The van der Waals surface area contributed by atoms with Crippen molar-refractivity contribution in [1.82, 2.24) is 4.90 Å². The largest absolute Gasteiger partial charge is 0.325 e. The average molecular weight is 466 g/mol. The first-order valence-corrected chi connectivity index (χ1v) is 11.7. The van der Waals surface area contributed by atoms with Crippen LogP contribution in [-0.4, -0.2) is 40.0 Å². The van der Waals surface area contributed by atoms with Gasteiger partial charge in [-0.2, -0.15) is 0 Å². The summed E-state index contributed by atoms with van der Waals surface area (Å²) in [6.45, 7) is 4.41. The van der Waals surface area contributed by atoms with Gasteiger partial charge >= 0.3 is 0 Å². The predicted octanol–water partition coefficient (Wildman–Crippen LogP) is 4.35. The van der Waals surface area contributed by atoms with Crippen LogP contribution in [0.25, 0.3) is 5.57 Å². The first-order valence-electron chi connectivity index (χ1n) is 10.5. The highest BCUT2D eigenvalue weighted by Gasteiger charge is 2.42. The van der Waals surface area contributed by atoms with Crippen molar-refractivity contribution < 1.29 is 14.4 Å². The van der Waals surface area contributed by atoms with Crippen LogP contribution >= 0.6 is 24.0 Å². The quantitative estimate of drug-likeness (QED) is 0.507. The molecule has 3 amide bonds. The van der Waals surface area contributed by atoms with E-state index in [0.717, 1.165) is 30.2 Å². The van der Waals surface area contributed by atoms with Crippen molar-refractivity contribution in [3.05, 3.63) is 64.6 Å². The monoisotopic (exact) mass is 465 g/mol. The van der Waals surface area contributed by atoms with Gasteiger partial charge in [0.05, 0.1) is 16.2 Å². The molecule has 0 saturated carbocycles. The summed E-state index contributed by atoms with van der Waals surface area (Å²) >= 11 is 6.57. The van der Waals surface area contributed by atoms with E-state index in [9.17, 15) is 14.4 Å². The molecule has 0 atom stereocenters. The number of hydrogen-bond donors (Lipinski definition) is 1. The summed E-state index contributed by atoms with van der Waals surface area (Å²) in [5.74, 6) is -0.910. The van der Waals surface area contributed by atoms with Crippen LogP contribution in [0.3, 0.4) is 0 Å². The second-order valence-corrected chi connectivity index (χ2v) is 9.35. The normalized spacial score (nSPS) is 17.9. The maximum atomic E-state index is 13.4. The van der Waals surface area contributed by atoms with E-state index in [4.69, 9.17) is 12.2 Å². The first-order chi connectivity index (χ1) is 15.4. The number of rotatable bonds is 6. The predicted molar refractivity (Wildman–Crippen MR) is 132 cm³/mol. The minimum atomic E-state index is -0.360. The number of para-hydroxylation sites is 1. The van der Waals surface area contributed by atoms with Crippen LogP contribution in [0.15, 0.2) is 53.4 Å². The van der Waals surface area contributed by atoms with Gasteiger partial charge in [0.1, 0.15) is 10.9 Å². The molecule has 0 aromatic heterocycles. The van der Waals surface area contributed by atoms with Crippen molar-refractivity contribution in [1.29, 1.82) is 0 Å². The number of nitrogens with one attached hydrogen (secondary N) is 1. The molecule has 2 aromatic carbocycles. The Morgan fingerprint density at radius 2 is 1.75 bits per heavy atom. The highest BCUT2D eigenvalue weighted by atomic mass is 32.2. The SMILES string of the molecule is CCCCN1C(=O)/C(=C2/C(=O)N(CC(=O)Nc3ccc(C)cc3)c3ccccc32)SC1=S. The molecular formula is C24H23N3O3S2. The lowest BCUT2D eigenvalue weighted by molar-refractivity contribution is -0.122. The molecule has 1 saturated heterocycles. The molecule has 2 heterocycles. The number of anilines is 2. The highest BCUT2D eigenvalue weighted by molar-refractivity contribution is 8.26. The molecule has 0 unspecified atom stereocenters. The topological polar surface area (TPSA) is 69.7 Å². The molecule has 1 fully saturated rings. The van der Waals surface area contributed by atoms with Crippen molar-refractivity contribution in [3.8, 4) is 0 Å². The fourth-order valence-electron chi connectivity index (χ4n) is 3.70. The van der Waals surface area contributed by atoms with Gasteiger partial charge in [0.2, 0.25) is 5.91 Å². The zero-order chi connectivity index (χ0) is 22.8. The molecule has 0 aliphatic carbocycles. The summed E-state index contributed by atoms with van der Waals surface area (Å²) in [5.41, 5.74) is 3.34. The van der Waals surface area contributed by atoms with E-state index in [2.05, 4.69) is 5.32 Å². The number of amides is 3. The van der Waals surface area contributed by atoms with Gasteiger partial charge in [-0.1, -0.05) is 73.2 Å². The zero-order valence-corrected chi connectivity index (χ0v) is 19.5. The number of carbonyl (C=O) groups excluding carboxylic acids is 3. The second kappa shape index (κ2) is 9.26. The Kier molecular flexibility index (Phi) is 6.43. The lowest BCUT2D eigenvalue weighted by atomic mass is 10.1. The van der Waals surface area contributed by atoms with Gasteiger partial charge < -0.3 is 5.32 Å². The Hall–Kier alpha value is -2.97. The Labute approximate surface area is 196 Å². The second-order valence-electron chi connectivity index (χ2n) is 7.71. The van der Waals surface area contributed by atoms with E-state index in [1.54, 1.807) is 17.0 Å². The van der Waals surface area contributed by atoms with Crippen molar-refractivity contribution in [2.24, 2.45) is 0 Å². The summed E-state index contributed by atoms with van der Waals surface area (Å²) in [6.07, 6.45) is 1.78. The Balaban J connectivity index is 1.62. The third-order valence-electron chi connectivity index (χ3n) is 5.37. The van der Waals surface area contributed by atoms with Crippen molar-refractivity contribution in [2.45, 2.75) is 26.7 Å². The summed E-state index contributed by atoms with van der Waals surface area (Å²) in [5, 5.41) is 2.83. The maximum absolute atomic E-state index is 13.4. The van der Waals surface area contributed by atoms with Crippen LogP contribution in [-0.2, 0) is 14.4 Å². The van der Waals surface area contributed by atoms with Crippen LogP contribution in [0.2, 0.25) is 0 Å². The number of thioether (sulfide) groups is 1. The number of nitrogens with zero attached hydrogens (tertiary/aromatic N) is 2. The lowest BCUT2D eigenvalue weighted by Gasteiger charge is -2.17. The molecule has 4 rings (SSSR count). The third-order valence-corrected chi connectivity index (χ3v) is 6.82. The van der Waals surface area contributed by atoms with E-state index in [1.165, 1.54) is 4.90 Å². The van der Waals surface area contributed by atoms with Crippen LogP contribution < -0.4 is 10.2 Å². The van der Waals surface area contributed by atoms with Crippen molar-refractivity contribution >= 4 is 63.0 Å². The van der Waals surface area contributed by atoms with Crippen LogP contribution in [0, 0.1) is 6.92 Å². The average Bonchev–Trinajstić information content (AvgIpc) is 3.20. The third kappa shape index (κ3) is 4.20. The Morgan fingerprint density at radius 3 is 2.47 bits per heavy atom. The number of aryl methyl sites for hydroxylation is 1. The van der Waals surface area contributed by atoms with Gasteiger partial charge in [0, 0.05) is 17.8 Å². The summed E-state index contributed by atoms with van der Waals surface area (Å²) in [6, 6.07) is 14.7. The minimum Gasteiger partial charge on any atom is -0.325 e. The van der Waals surface area contributed by atoms with Crippen LogP contribution in [0.1, 0.15) is 30.9 Å². The number of benzene rings is 2. The molecule has 2 aliphatic heterocycles. The molecule has 32 heavy (non-hydrogen) atoms. The molecule has 0 spiro atoms. The number of unbranched alkanes of at least 4 members (excludes halogenated alkanes) is 1. The molecule has 0 bridgehead atoms. The maximum Gasteiger partial charge on any atom is 0.267 e. The Bertz CT molecular complexity index is 1140. The summed E-state index contributed by atoms with van der Waals surface area (Å²) in [7, 11) is 0. The molecule has 2 aliphatic rings. The lowest BCUT2D eigenvalue weighted by Crippen LogP contribution is -2.35. The molecule has 8 heteroatoms. The molecule has 1 N–H and O–H groups in total. The molecule has 6 nitrogen and oxygen atoms in total. The number of thiocarbonyl (C=S) groups is 1. The number of carbonyl (C=O) groups is 3. The van der Waals surface area contributed by atoms with Crippen LogP contribution in [0.4, 0.5) is 11.4 Å². The van der Waals surface area contributed by atoms with Gasteiger partial charge in [-0.15, -0.1) is 0 Å². The van der Waals surface area contributed by atoms with E-state index in [0.29, 0.717) is 38.3 Å². The number of fused-ring (bicyclic) bond motifs is 1. The zero-order valence-electron chi connectivity index (χ0n) is 17.9. The highest BCUT2D eigenvalue weighted by Crippen LogP contribution is 2.44. The standard InChI is InChI=1S/C24H23N3O3S2/c1-3-4-13-26-23(30)21(32-24(26)31)20-17-7-5-6-8-18(17)27(22(20)29)14-19(28)25-16-11-9-15(2)10-12-16/h5-12H,3-4,13-14H2,1-2H3,(H,25,28)/b21-20-. The van der Waals surface area contributed by atoms with Crippen molar-refractivity contribution in [2.75, 3.05) is 23.3 Å². The fraction of sp³-hybridized carbons (Fsp3) is 0.250. The minimum absolute atomic E-state index is 0.149.